The van der Waals surface area contributed by atoms with Crippen LogP contribution in [-0.4, -0.2) is 5.16 Å². The summed E-state index contributed by atoms with van der Waals surface area (Å²) in [6.07, 6.45) is 3.36. The zero-order valence-electron chi connectivity index (χ0n) is 6.90. The minimum absolute atomic E-state index is 0.867. The first-order valence-corrected chi connectivity index (χ1v) is 5.07. The lowest BCUT2D eigenvalue weighted by atomic mass is 10.1. The van der Waals surface area contributed by atoms with Crippen LogP contribution in [0.25, 0.3) is 11.1 Å². The number of aromatic nitrogens is 1. The summed E-state index contributed by atoms with van der Waals surface area (Å²) >= 11 is 3.42. The Morgan fingerprint density at radius 3 is 2.92 bits per heavy atom. The van der Waals surface area contributed by atoms with E-state index < -0.39 is 0 Å². The van der Waals surface area contributed by atoms with Gasteiger partial charge in [-0.15, -0.1) is 0 Å². The van der Waals surface area contributed by atoms with Crippen molar-refractivity contribution in [2.45, 2.75) is 5.33 Å². The number of benzene rings is 1. The molecule has 0 atom stereocenters. The van der Waals surface area contributed by atoms with Gasteiger partial charge in [-0.3, -0.25) is 0 Å². The molecule has 2 aromatic rings. The molecule has 0 saturated carbocycles. The predicted octanol–water partition coefficient (Wildman–Crippen LogP) is 3.24. The Morgan fingerprint density at radius 1 is 1.31 bits per heavy atom. The predicted molar refractivity (Wildman–Crippen MR) is 54.6 cm³/mol. The van der Waals surface area contributed by atoms with E-state index in [-0.39, 0.29) is 0 Å². The molecule has 0 aliphatic rings. The van der Waals surface area contributed by atoms with Crippen LogP contribution < -0.4 is 0 Å². The second-order valence-electron chi connectivity index (χ2n) is 2.75. The van der Waals surface area contributed by atoms with Gasteiger partial charge in [-0.25, -0.2) is 0 Å². The maximum atomic E-state index is 4.78. The third-order valence-electron chi connectivity index (χ3n) is 1.85. The first-order valence-electron chi connectivity index (χ1n) is 3.95. The maximum Gasteiger partial charge on any atom is 0.131 e. The molecule has 3 heteroatoms. The molecule has 0 saturated heterocycles. The molecular weight excluding hydrogens is 230 g/mol. The second-order valence-corrected chi connectivity index (χ2v) is 3.31. The summed E-state index contributed by atoms with van der Waals surface area (Å²) in [5.74, 6) is 0. The summed E-state index contributed by atoms with van der Waals surface area (Å²) in [5.41, 5.74) is 3.40. The van der Waals surface area contributed by atoms with Gasteiger partial charge < -0.3 is 4.52 Å². The minimum atomic E-state index is 0.867. The molecule has 0 aliphatic carbocycles. The van der Waals surface area contributed by atoms with Gasteiger partial charge in [0.25, 0.3) is 0 Å². The number of rotatable bonds is 2. The van der Waals surface area contributed by atoms with Crippen molar-refractivity contribution in [2.24, 2.45) is 0 Å². The van der Waals surface area contributed by atoms with Gasteiger partial charge >= 0.3 is 0 Å². The highest BCUT2D eigenvalue weighted by molar-refractivity contribution is 9.08. The topological polar surface area (TPSA) is 26.0 Å². The van der Waals surface area contributed by atoms with Gasteiger partial charge in [-0.1, -0.05) is 45.4 Å². The third kappa shape index (κ3) is 1.80. The number of hydrogen-bond acceptors (Lipinski definition) is 2. The van der Waals surface area contributed by atoms with Crippen molar-refractivity contribution in [3.8, 4) is 11.1 Å². The first-order chi connectivity index (χ1) is 6.40. The SMILES string of the molecule is BrCc1cccc(-c2cnoc2)c1. The Bertz CT molecular complexity index is 384. The van der Waals surface area contributed by atoms with E-state index in [1.54, 1.807) is 12.5 Å². The van der Waals surface area contributed by atoms with Crippen LogP contribution in [0, 0.1) is 0 Å². The molecule has 0 fully saturated rings. The van der Waals surface area contributed by atoms with E-state index in [1.807, 2.05) is 12.1 Å². The summed E-state index contributed by atoms with van der Waals surface area (Å²) in [4.78, 5) is 0. The molecule has 2 rings (SSSR count). The monoisotopic (exact) mass is 237 g/mol. The van der Waals surface area contributed by atoms with Gasteiger partial charge in [0.2, 0.25) is 0 Å². The highest BCUT2D eigenvalue weighted by atomic mass is 79.9. The Labute approximate surface area is 84.7 Å². The number of halogens is 1. The summed E-state index contributed by atoms with van der Waals surface area (Å²) in [6, 6.07) is 8.25. The van der Waals surface area contributed by atoms with Crippen LogP contribution >= 0.6 is 15.9 Å². The largest absolute Gasteiger partial charge is 0.364 e. The smallest absolute Gasteiger partial charge is 0.131 e. The number of nitrogens with zero attached hydrogens (tertiary/aromatic N) is 1. The normalized spacial score (nSPS) is 10.2. The minimum Gasteiger partial charge on any atom is -0.364 e. The van der Waals surface area contributed by atoms with Crippen LogP contribution in [0.3, 0.4) is 0 Å². The van der Waals surface area contributed by atoms with Crippen LogP contribution in [0.5, 0.6) is 0 Å². The van der Waals surface area contributed by atoms with Crippen LogP contribution in [0.1, 0.15) is 5.56 Å². The van der Waals surface area contributed by atoms with Crippen molar-refractivity contribution in [1.82, 2.24) is 5.16 Å². The molecule has 1 heterocycles. The summed E-state index contributed by atoms with van der Waals surface area (Å²) in [5, 5.41) is 4.53. The lowest BCUT2D eigenvalue weighted by Crippen LogP contribution is -1.78. The number of alkyl halides is 1. The first kappa shape index (κ1) is 8.51. The van der Waals surface area contributed by atoms with Gasteiger partial charge in [0.1, 0.15) is 6.26 Å². The lowest BCUT2D eigenvalue weighted by Gasteiger charge is -1.98. The molecule has 1 aromatic carbocycles. The van der Waals surface area contributed by atoms with E-state index in [4.69, 9.17) is 4.52 Å². The van der Waals surface area contributed by atoms with Crippen LogP contribution in [-0.2, 0) is 5.33 Å². The molecule has 0 spiro atoms. The summed E-state index contributed by atoms with van der Waals surface area (Å²) in [7, 11) is 0. The van der Waals surface area contributed by atoms with E-state index >= 15 is 0 Å². The Hall–Kier alpha value is -1.09. The van der Waals surface area contributed by atoms with E-state index in [9.17, 15) is 0 Å². The van der Waals surface area contributed by atoms with Crippen molar-refractivity contribution in [3.05, 3.63) is 42.3 Å². The molecule has 66 valence electrons. The molecule has 0 bridgehead atoms. The zero-order valence-corrected chi connectivity index (χ0v) is 8.49. The van der Waals surface area contributed by atoms with Crippen molar-refractivity contribution in [2.75, 3.05) is 0 Å². The fraction of sp³-hybridized carbons (Fsp3) is 0.100. The van der Waals surface area contributed by atoms with Crippen molar-refractivity contribution >= 4 is 15.9 Å². The van der Waals surface area contributed by atoms with Crippen molar-refractivity contribution in [1.29, 1.82) is 0 Å². The highest BCUT2D eigenvalue weighted by Gasteiger charge is 1.99. The van der Waals surface area contributed by atoms with Crippen molar-refractivity contribution < 1.29 is 4.52 Å². The molecule has 0 radical (unpaired) electrons. The average molecular weight is 238 g/mol. The molecule has 2 nitrogen and oxygen atoms in total. The van der Waals surface area contributed by atoms with Crippen LogP contribution in [0.2, 0.25) is 0 Å². The van der Waals surface area contributed by atoms with Gasteiger partial charge in [-0.05, 0) is 11.1 Å². The Morgan fingerprint density at radius 2 is 2.23 bits per heavy atom. The summed E-state index contributed by atoms with van der Waals surface area (Å²) in [6.45, 7) is 0. The standard InChI is InChI=1S/C10H8BrNO/c11-5-8-2-1-3-9(4-8)10-6-12-13-7-10/h1-4,6-7H,5H2. The van der Waals surface area contributed by atoms with Crippen LogP contribution in [0.4, 0.5) is 0 Å². The van der Waals surface area contributed by atoms with E-state index in [0.29, 0.717) is 0 Å². The van der Waals surface area contributed by atoms with E-state index in [0.717, 1.165) is 16.5 Å². The van der Waals surface area contributed by atoms with Gasteiger partial charge in [-0.2, -0.15) is 0 Å². The molecule has 0 unspecified atom stereocenters. The molecular formula is C10H8BrNO. The molecule has 0 aliphatic heterocycles. The average Bonchev–Trinajstić information content (AvgIpc) is 2.71. The summed E-state index contributed by atoms with van der Waals surface area (Å²) < 4.78 is 4.78. The fourth-order valence-corrected chi connectivity index (χ4v) is 1.53. The van der Waals surface area contributed by atoms with E-state index in [2.05, 4.69) is 33.2 Å². The van der Waals surface area contributed by atoms with Gasteiger partial charge in [0.15, 0.2) is 0 Å². The van der Waals surface area contributed by atoms with Crippen LogP contribution in [0.15, 0.2) is 41.2 Å². The molecule has 1 aromatic heterocycles. The fourth-order valence-electron chi connectivity index (χ4n) is 1.18. The maximum absolute atomic E-state index is 4.78. The Balaban J connectivity index is 2.41. The van der Waals surface area contributed by atoms with Gasteiger partial charge in [0, 0.05) is 10.9 Å². The molecule has 0 N–H and O–H groups in total. The zero-order chi connectivity index (χ0) is 9.10. The van der Waals surface area contributed by atoms with Crippen molar-refractivity contribution in [3.63, 3.8) is 0 Å². The molecule has 13 heavy (non-hydrogen) atoms. The third-order valence-corrected chi connectivity index (χ3v) is 2.49. The van der Waals surface area contributed by atoms with Gasteiger partial charge in [0.05, 0.1) is 6.20 Å². The quantitative estimate of drug-likeness (QED) is 0.750. The second kappa shape index (κ2) is 3.75. The lowest BCUT2D eigenvalue weighted by molar-refractivity contribution is 0.420. The highest BCUT2D eigenvalue weighted by Crippen LogP contribution is 2.20. The molecule has 0 amide bonds. The number of hydrogen-bond donors (Lipinski definition) is 0. The Kier molecular flexibility index (Phi) is 2.45. The van der Waals surface area contributed by atoms with E-state index in [1.165, 1.54) is 5.56 Å².